The number of nitrogens with zero attached hydrogens (tertiary/aromatic N) is 2. The molecule has 0 spiro atoms. The molecule has 1 unspecified atom stereocenters. The van der Waals surface area contributed by atoms with Gasteiger partial charge in [-0.1, -0.05) is 69.3 Å². The molecule has 1 aliphatic rings. The molecule has 1 aliphatic heterocycles. The predicted molar refractivity (Wildman–Crippen MR) is 143 cm³/mol. The lowest BCUT2D eigenvalue weighted by Crippen LogP contribution is -2.46. The van der Waals surface area contributed by atoms with E-state index in [2.05, 4.69) is 91.2 Å². The van der Waals surface area contributed by atoms with E-state index in [9.17, 15) is 9.59 Å². The predicted octanol–water partition coefficient (Wildman–Crippen LogP) is 4.93. The van der Waals surface area contributed by atoms with E-state index in [1.165, 1.54) is 37.2 Å². The second-order valence-corrected chi connectivity index (χ2v) is 10.2. The largest absolute Gasteiger partial charge is 0.478 e. The second kappa shape index (κ2) is 15.1. The zero-order valence-corrected chi connectivity index (χ0v) is 21.7. The molecule has 0 amide bonds. The number of anilines is 1. The fraction of sp³-hybridized carbons (Fsp3) is 0.448. The zero-order chi connectivity index (χ0) is 26.4. The average molecular weight is 497 g/mol. The summed E-state index contributed by atoms with van der Waals surface area (Å²) in [5.74, 6) is -2.51. The van der Waals surface area contributed by atoms with Crippen LogP contribution in [0.4, 0.5) is 5.69 Å². The summed E-state index contributed by atoms with van der Waals surface area (Å²) in [5.41, 5.74) is 2.84. The van der Waals surface area contributed by atoms with Crippen molar-refractivity contribution in [2.45, 2.75) is 46.2 Å². The van der Waals surface area contributed by atoms with Crippen LogP contribution in [0.25, 0.3) is 0 Å². The minimum Gasteiger partial charge on any atom is -0.478 e. The van der Waals surface area contributed by atoms with E-state index in [4.69, 9.17) is 14.9 Å². The number of aliphatic carboxylic acids is 2. The van der Waals surface area contributed by atoms with Crippen molar-refractivity contribution in [2.75, 3.05) is 37.7 Å². The number of ether oxygens (including phenoxy) is 1. The molecule has 196 valence electrons. The van der Waals surface area contributed by atoms with Crippen LogP contribution in [-0.2, 0) is 20.9 Å². The molecule has 3 rings (SSSR count). The lowest BCUT2D eigenvalue weighted by atomic mass is 9.99. The van der Waals surface area contributed by atoms with Crippen LogP contribution < -0.4 is 4.90 Å². The average Bonchev–Trinajstić information content (AvgIpc) is 3.37. The first-order valence-corrected chi connectivity index (χ1v) is 12.4. The van der Waals surface area contributed by atoms with E-state index >= 15 is 0 Å². The van der Waals surface area contributed by atoms with Crippen LogP contribution in [0.5, 0.6) is 0 Å². The number of hydrogen-bond donors (Lipinski definition) is 2. The number of rotatable bonds is 11. The maximum atomic E-state index is 9.55. The van der Waals surface area contributed by atoms with Crippen LogP contribution in [0, 0.1) is 5.41 Å². The summed E-state index contributed by atoms with van der Waals surface area (Å²) < 4.78 is 6.19. The maximum absolute atomic E-state index is 9.55. The third-order valence-corrected chi connectivity index (χ3v) is 5.64. The molecule has 2 N–H and O–H groups in total. The Labute approximate surface area is 215 Å². The van der Waals surface area contributed by atoms with Crippen LogP contribution in [-0.4, -0.2) is 65.9 Å². The van der Waals surface area contributed by atoms with Gasteiger partial charge in [-0.3, -0.25) is 4.90 Å². The quantitative estimate of drug-likeness (QED) is 0.426. The van der Waals surface area contributed by atoms with Gasteiger partial charge in [0.1, 0.15) is 0 Å². The van der Waals surface area contributed by atoms with Crippen molar-refractivity contribution in [2.24, 2.45) is 5.41 Å². The first-order valence-electron chi connectivity index (χ1n) is 12.4. The van der Waals surface area contributed by atoms with Gasteiger partial charge in [0, 0.05) is 30.9 Å². The molecule has 0 bridgehead atoms. The van der Waals surface area contributed by atoms with Crippen LogP contribution in [0.15, 0.2) is 72.8 Å². The topological polar surface area (TPSA) is 90.3 Å². The van der Waals surface area contributed by atoms with Crippen molar-refractivity contribution >= 4 is 17.6 Å². The van der Waals surface area contributed by atoms with Crippen molar-refractivity contribution in [1.29, 1.82) is 0 Å². The van der Waals surface area contributed by atoms with Crippen molar-refractivity contribution in [3.8, 4) is 0 Å². The monoisotopic (exact) mass is 496 g/mol. The Morgan fingerprint density at radius 2 is 1.47 bits per heavy atom. The SMILES string of the molecule is CC(C)(C)COCC(CN(Cc1ccccc1)c1ccccc1)N1CCCC1.O=C(O)/C=C/C(=O)O. The highest BCUT2D eigenvalue weighted by molar-refractivity contribution is 5.89. The molecule has 7 nitrogen and oxygen atoms in total. The van der Waals surface area contributed by atoms with Gasteiger partial charge in [-0.15, -0.1) is 0 Å². The van der Waals surface area contributed by atoms with Gasteiger partial charge in [0.15, 0.2) is 0 Å². The summed E-state index contributed by atoms with van der Waals surface area (Å²) in [6, 6.07) is 22.0. The van der Waals surface area contributed by atoms with Gasteiger partial charge < -0.3 is 19.8 Å². The molecular weight excluding hydrogens is 456 g/mol. The van der Waals surface area contributed by atoms with E-state index < -0.39 is 11.9 Å². The third kappa shape index (κ3) is 12.0. The van der Waals surface area contributed by atoms with Gasteiger partial charge in [-0.2, -0.15) is 0 Å². The Morgan fingerprint density at radius 1 is 0.944 bits per heavy atom. The highest BCUT2D eigenvalue weighted by atomic mass is 16.5. The molecule has 1 saturated heterocycles. The number of carboxylic acid groups (broad SMARTS) is 2. The molecule has 36 heavy (non-hydrogen) atoms. The van der Waals surface area contributed by atoms with E-state index in [0.29, 0.717) is 18.2 Å². The molecule has 0 saturated carbocycles. The number of hydrogen-bond acceptors (Lipinski definition) is 5. The van der Waals surface area contributed by atoms with Crippen LogP contribution >= 0.6 is 0 Å². The molecule has 2 aromatic rings. The molecule has 1 atom stereocenters. The number of para-hydroxylation sites is 1. The molecule has 1 fully saturated rings. The summed E-state index contributed by atoms with van der Waals surface area (Å²) in [4.78, 5) is 24.2. The number of likely N-dealkylation sites (tertiary alicyclic amines) is 1. The van der Waals surface area contributed by atoms with Crippen molar-refractivity contribution in [3.63, 3.8) is 0 Å². The highest BCUT2D eigenvalue weighted by Gasteiger charge is 2.25. The zero-order valence-electron chi connectivity index (χ0n) is 21.7. The van der Waals surface area contributed by atoms with Gasteiger partial charge in [-0.05, 0) is 49.0 Å². The molecule has 7 heteroatoms. The van der Waals surface area contributed by atoms with E-state index in [0.717, 1.165) is 26.3 Å². The number of carboxylic acids is 2. The first kappa shape index (κ1) is 29.1. The standard InChI is InChI=1S/C25H36N2O.C4H4O4/c1-25(2,3)21-28-20-24(26-16-10-11-17-26)19-27(23-14-8-5-9-15-23)18-22-12-6-4-7-13-22;5-3(6)1-2-4(7)8/h4-9,12-15,24H,10-11,16-21H2,1-3H3;1-2H,(H,5,6)(H,7,8)/b;2-1+. The second-order valence-electron chi connectivity index (χ2n) is 10.2. The molecule has 0 aromatic heterocycles. The summed E-state index contributed by atoms with van der Waals surface area (Å²) in [7, 11) is 0. The maximum Gasteiger partial charge on any atom is 0.328 e. The van der Waals surface area contributed by atoms with Gasteiger partial charge in [0.05, 0.1) is 19.3 Å². The van der Waals surface area contributed by atoms with Crippen molar-refractivity contribution in [1.82, 2.24) is 4.90 Å². The Morgan fingerprint density at radius 3 is 1.97 bits per heavy atom. The minimum atomic E-state index is -1.26. The minimum absolute atomic E-state index is 0.207. The normalized spacial score (nSPS) is 14.8. The summed E-state index contributed by atoms with van der Waals surface area (Å²) >= 11 is 0. The summed E-state index contributed by atoms with van der Waals surface area (Å²) in [6.45, 7) is 12.6. The Kier molecular flexibility index (Phi) is 12.2. The molecular formula is C29H40N2O5. The molecule has 2 aromatic carbocycles. The first-order chi connectivity index (χ1) is 17.1. The lowest BCUT2D eigenvalue weighted by Gasteiger charge is -2.35. The summed E-state index contributed by atoms with van der Waals surface area (Å²) in [6.07, 6.45) is 3.73. The highest BCUT2D eigenvalue weighted by Crippen LogP contribution is 2.21. The van der Waals surface area contributed by atoms with Gasteiger partial charge in [-0.25, -0.2) is 9.59 Å². The van der Waals surface area contributed by atoms with Crippen molar-refractivity contribution in [3.05, 3.63) is 78.4 Å². The third-order valence-electron chi connectivity index (χ3n) is 5.64. The Hall–Kier alpha value is -3.16. The summed E-state index contributed by atoms with van der Waals surface area (Å²) in [5, 5.41) is 15.6. The number of benzene rings is 2. The van der Waals surface area contributed by atoms with Crippen LogP contribution in [0.2, 0.25) is 0 Å². The van der Waals surface area contributed by atoms with E-state index in [1.807, 2.05) is 0 Å². The lowest BCUT2D eigenvalue weighted by molar-refractivity contribution is -0.134. The Balaban J connectivity index is 0.000000493. The Bertz CT molecular complexity index is 919. The van der Waals surface area contributed by atoms with Crippen molar-refractivity contribution < 1.29 is 24.5 Å². The van der Waals surface area contributed by atoms with Crippen LogP contribution in [0.3, 0.4) is 0 Å². The molecule has 1 heterocycles. The smallest absolute Gasteiger partial charge is 0.328 e. The van der Waals surface area contributed by atoms with E-state index in [-0.39, 0.29) is 5.41 Å². The van der Waals surface area contributed by atoms with Gasteiger partial charge >= 0.3 is 11.9 Å². The molecule has 0 radical (unpaired) electrons. The van der Waals surface area contributed by atoms with Gasteiger partial charge in [0.25, 0.3) is 0 Å². The van der Waals surface area contributed by atoms with Gasteiger partial charge in [0.2, 0.25) is 0 Å². The van der Waals surface area contributed by atoms with E-state index in [1.54, 1.807) is 0 Å². The van der Waals surface area contributed by atoms with Crippen LogP contribution in [0.1, 0.15) is 39.2 Å². The number of carbonyl (C=O) groups is 2. The molecule has 0 aliphatic carbocycles. The fourth-order valence-electron chi connectivity index (χ4n) is 3.98. The fourth-order valence-corrected chi connectivity index (χ4v) is 3.98.